The van der Waals surface area contributed by atoms with E-state index in [0.717, 1.165) is 12.1 Å². The van der Waals surface area contributed by atoms with Crippen molar-refractivity contribution in [1.82, 2.24) is 4.90 Å². The highest BCUT2D eigenvalue weighted by molar-refractivity contribution is 5.89. The quantitative estimate of drug-likeness (QED) is 0.876. The second kappa shape index (κ2) is 7.35. The zero-order chi connectivity index (χ0) is 16.9. The van der Waals surface area contributed by atoms with Gasteiger partial charge in [-0.1, -0.05) is 6.07 Å². The largest absolute Gasteiger partial charge is 0.573 e. The Bertz CT molecular complexity index is 504. The minimum atomic E-state index is -4.79. The third kappa shape index (κ3) is 6.21. The summed E-state index contributed by atoms with van der Waals surface area (Å²) in [5.41, 5.74) is 0.169. The van der Waals surface area contributed by atoms with Crippen LogP contribution in [0.25, 0.3) is 0 Å². The predicted molar refractivity (Wildman–Crippen MR) is 75.7 cm³/mol. The van der Waals surface area contributed by atoms with Gasteiger partial charge in [0, 0.05) is 24.3 Å². The van der Waals surface area contributed by atoms with Gasteiger partial charge in [-0.05, 0) is 32.9 Å². The Morgan fingerprint density at radius 3 is 2.50 bits per heavy atom. The molecule has 2 amide bonds. The van der Waals surface area contributed by atoms with Gasteiger partial charge in [-0.3, -0.25) is 0 Å². The van der Waals surface area contributed by atoms with Crippen LogP contribution in [0.4, 0.5) is 23.7 Å². The van der Waals surface area contributed by atoms with E-state index in [0.29, 0.717) is 0 Å². The van der Waals surface area contributed by atoms with E-state index in [1.807, 2.05) is 0 Å². The third-order valence-corrected chi connectivity index (χ3v) is 2.66. The number of aliphatic hydroxyl groups is 1. The minimum Gasteiger partial charge on any atom is -0.406 e. The number of carbonyl (C=O) groups is 1. The van der Waals surface area contributed by atoms with Gasteiger partial charge in [0.25, 0.3) is 0 Å². The molecule has 8 heteroatoms. The normalized spacial score (nSPS) is 12.9. The number of nitrogens with zero attached hydrogens (tertiary/aromatic N) is 1. The van der Waals surface area contributed by atoms with Crippen LogP contribution in [0.3, 0.4) is 0 Å². The molecule has 1 atom stereocenters. The molecule has 2 N–H and O–H groups in total. The van der Waals surface area contributed by atoms with Crippen LogP contribution in [-0.4, -0.2) is 41.1 Å². The zero-order valence-corrected chi connectivity index (χ0v) is 12.5. The highest BCUT2D eigenvalue weighted by atomic mass is 19.4. The molecule has 1 rings (SSSR count). The van der Waals surface area contributed by atoms with Crippen LogP contribution in [0.5, 0.6) is 5.75 Å². The highest BCUT2D eigenvalue weighted by Gasteiger charge is 2.31. The maximum absolute atomic E-state index is 12.2. The fraction of sp³-hybridized carbons (Fsp3) is 0.500. The van der Waals surface area contributed by atoms with Gasteiger partial charge in [-0.15, -0.1) is 13.2 Å². The first-order chi connectivity index (χ1) is 10.1. The van der Waals surface area contributed by atoms with Crippen LogP contribution in [0.2, 0.25) is 0 Å². The highest BCUT2D eigenvalue weighted by Crippen LogP contribution is 2.25. The van der Waals surface area contributed by atoms with Gasteiger partial charge in [0.05, 0.1) is 6.10 Å². The Labute approximate surface area is 126 Å². The lowest BCUT2D eigenvalue weighted by Crippen LogP contribution is -2.43. The number of amides is 2. The fourth-order valence-electron chi connectivity index (χ4n) is 1.78. The second-order valence-corrected chi connectivity index (χ2v) is 5.10. The van der Waals surface area contributed by atoms with Gasteiger partial charge in [-0.2, -0.15) is 0 Å². The van der Waals surface area contributed by atoms with Gasteiger partial charge >= 0.3 is 12.4 Å². The number of halogens is 3. The first-order valence-corrected chi connectivity index (χ1v) is 6.70. The molecule has 0 saturated heterocycles. The summed E-state index contributed by atoms with van der Waals surface area (Å²) < 4.78 is 40.3. The summed E-state index contributed by atoms with van der Waals surface area (Å²) in [5.74, 6) is -0.420. The monoisotopic (exact) mass is 320 g/mol. The lowest BCUT2D eigenvalue weighted by molar-refractivity contribution is -0.274. The van der Waals surface area contributed by atoms with Crippen LogP contribution >= 0.6 is 0 Å². The standard InChI is InChI=1S/C14H19F3N2O3/c1-9(2)19(8-10(3)20)13(21)18-11-5-4-6-12(7-11)22-14(15,16)17/h4-7,9-10,20H,8H2,1-3H3,(H,18,21). The van der Waals surface area contributed by atoms with Crippen molar-refractivity contribution in [3.05, 3.63) is 24.3 Å². The number of nitrogens with one attached hydrogen (secondary N) is 1. The van der Waals surface area contributed by atoms with Gasteiger partial charge in [0.1, 0.15) is 5.75 Å². The van der Waals surface area contributed by atoms with Crippen LogP contribution in [-0.2, 0) is 0 Å². The number of urea groups is 1. The molecule has 0 spiro atoms. The summed E-state index contributed by atoms with van der Waals surface area (Å²) in [4.78, 5) is 13.5. The lowest BCUT2D eigenvalue weighted by Gasteiger charge is -2.28. The Morgan fingerprint density at radius 1 is 1.36 bits per heavy atom. The molecular weight excluding hydrogens is 301 g/mol. The maximum Gasteiger partial charge on any atom is 0.573 e. The average Bonchev–Trinajstić information content (AvgIpc) is 2.33. The number of rotatable bonds is 5. The van der Waals surface area contributed by atoms with Gasteiger partial charge in [0.2, 0.25) is 0 Å². The molecule has 0 aliphatic heterocycles. The number of hydrogen-bond acceptors (Lipinski definition) is 3. The summed E-state index contributed by atoms with van der Waals surface area (Å²) in [5, 5.41) is 11.9. The predicted octanol–water partition coefficient (Wildman–Crippen LogP) is 3.21. The van der Waals surface area contributed by atoms with Crippen molar-refractivity contribution in [3.63, 3.8) is 0 Å². The summed E-state index contributed by atoms with van der Waals surface area (Å²) in [6, 6.07) is 4.31. The molecule has 1 unspecified atom stereocenters. The van der Waals surface area contributed by atoms with E-state index in [1.165, 1.54) is 17.0 Å². The summed E-state index contributed by atoms with van der Waals surface area (Å²) in [6.07, 6.45) is -5.51. The molecule has 0 fully saturated rings. The van der Waals surface area contributed by atoms with Crippen molar-refractivity contribution in [2.24, 2.45) is 0 Å². The molecule has 0 saturated carbocycles. The van der Waals surface area contributed by atoms with Crippen molar-refractivity contribution in [2.45, 2.75) is 39.3 Å². The molecule has 0 aliphatic rings. The van der Waals surface area contributed by atoms with Gasteiger partial charge in [-0.25, -0.2) is 4.79 Å². The molecule has 22 heavy (non-hydrogen) atoms. The van der Waals surface area contributed by atoms with Crippen molar-refractivity contribution in [3.8, 4) is 5.75 Å². The number of benzene rings is 1. The van der Waals surface area contributed by atoms with Crippen molar-refractivity contribution < 1.29 is 27.8 Å². The van der Waals surface area contributed by atoms with E-state index in [4.69, 9.17) is 0 Å². The first kappa shape index (κ1) is 18.1. The van der Waals surface area contributed by atoms with Crippen molar-refractivity contribution in [1.29, 1.82) is 0 Å². The number of anilines is 1. The van der Waals surface area contributed by atoms with Crippen LogP contribution < -0.4 is 10.1 Å². The van der Waals surface area contributed by atoms with E-state index in [2.05, 4.69) is 10.1 Å². The van der Waals surface area contributed by atoms with E-state index in [9.17, 15) is 23.1 Å². The molecule has 0 bridgehead atoms. The summed E-state index contributed by atoms with van der Waals surface area (Å²) in [7, 11) is 0. The molecule has 0 aliphatic carbocycles. The van der Waals surface area contributed by atoms with Gasteiger partial charge in [0.15, 0.2) is 0 Å². The molecule has 1 aromatic carbocycles. The molecule has 124 valence electrons. The molecule has 0 aromatic heterocycles. The molecular formula is C14H19F3N2O3. The Morgan fingerprint density at radius 2 is 2.00 bits per heavy atom. The van der Waals surface area contributed by atoms with Crippen molar-refractivity contribution >= 4 is 11.7 Å². The summed E-state index contributed by atoms with van der Waals surface area (Å²) >= 11 is 0. The average molecular weight is 320 g/mol. The van der Waals surface area contributed by atoms with Crippen LogP contribution in [0, 0.1) is 0 Å². The smallest absolute Gasteiger partial charge is 0.406 e. The van der Waals surface area contributed by atoms with Crippen LogP contribution in [0.15, 0.2) is 24.3 Å². The molecule has 1 aromatic rings. The second-order valence-electron chi connectivity index (χ2n) is 5.10. The number of hydrogen-bond donors (Lipinski definition) is 2. The third-order valence-electron chi connectivity index (χ3n) is 2.66. The molecule has 5 nitrogen and oxygen atoms in total. The Kier molecular flexibility index (Phi) is 6.04. The maximum atomic E-state index is 12.2. The molecule has 0 heterocycles. The van der Waals surface area contributed by atoms with E-state index >= 15 is 0 Å². The number of ether oxygens (including phenoxy) is 1. The number of aliphatic hydroxyl groups excluding tert-OH is 1. The SMILES string of the molecule is CC(O)CN(C(=O)Nc1cccc(OC(F)(F)F)c1)C(C)C. The topological polar surface area (TPSA) is 61.8 Å². The van der Waals surface area contributed by atoms with Crippen molar-refractivity contribution in [2.75, 3.05) is 11.9 Å². The minimum absolute atomic E-state index is 0.113. The first-order valence-electron chi connectivity index (χ1n) is 6.70. The number of alkyl halides is 3. The van der Waals surface area contributed by atoms with Gasteiger partial charge < -0.3 is 20.1 Å². The van der Waals surface area contributed by atoms with Crippen LogP contribution in [0.1, 0.15) is 20.8 Å². The summed E-state index contributed by atoms with van der Waals surface area (Å²) in [6.45, 7) is 5.19. The lowest BCUT2D eigenvalue weighted by atomic mass is 10.2. The fourth-order valence-corrected chi connectivity index (χ4v) is 1.78. The van der Waals surface area contributed by atoms with E-state index in [-0.39, 0.29) is 18.3 Å². The van der Waals surface area contributed by atoms with E-state index in [1.54, 1.807) is 20.8 Å². The Hall–Kier alpha value is -1.96. The Balaban J connectivity index is 2.80. The van der Waals surface area contributed by atoms with E-state index < -0.39 is 24.2 Å². The number of carbonyl (C=O) groups excluding carboxylic acids is 1. The molecule has 0 radical (unpaired) electrons. The zero-order valence-electron chi connectivity index (χ0n) is 12.5.